The Labute approximate surface area is 159 Å². The predicted octanol–water partition coefficient (Wildman–Crippen LogP) is 4.82. The molecule has 0 spiro atoms. The first-order valence-corrected chi connectivity index (χ1v) is 8.98. The second kappa shape index (κ2) is 6.76. The number of benzene rings is 2. The van der Waals surface area contributed by atoms with Gasteiger partial charge in [-0.3, -0.25) is 4.40 Å². The summed E-state index contributed by atoms with van der Waals surface area (Å²) in [6.45, 7) is 4.20. The third kappa shape index (κ3) is 3.24. The highest BCUT2D eigenvalue weighted by Gasteiger charge is 2.16. The van der Waals surface area contributed by atoms with E-state index in [2.05, 4.69) is 71.5 Å². The minimum atomic E-state index is 0.678. The summed E-state index contributed by atoms with van der Waals surface area (Å²) in [6.07, 6.45) is 3.75. The lowest BCUT2D eigenvalue weighted by Gasteiger charge is -2.14. The Morgan fingerprint density at radius 3 is 2.52 bits per heavy atom. The molecule has 0 aliphatic heterocycles. The van der Waals surface area contributed by atoms with Gasteiger partial charge in [-0.2, -0.15) is 0 Å². The Bertz CT molecular complexity index is 1090. The van der Waals surface area contributed by atoms with Crippen LogP contribution in [0.3, 0.4) is 0 Å². The summed E-state index contributed by atoms with van der Waals surface area (Å²) in [4.78, 5) is 11.3. The van der Waals surface area contributed by atoms with E-state index in [0.29, 0.717) is 5.78 Å². The van der Waals surface area contributed by atoms with Crippen LogP contribution in [0.5, 0.6) is 0 Å². The molecule has 5 heteroatoms. The van der Waals surface area contributed by atoms with Crippen LogP contribution in [0.4, 0.5) is 17.2 Å². The molecule has 0 amide bonds. The highest BCUT2D eigenvalue weighted by molar-refractivity contribution is 5.80. The summed E-state index contributed by atoms with van der Waals surface area (Å²) in [5, 5.41) is 3.59. The van der Waals surface area contributed by atoms with Crippen LogP contribution in [-0.4, -0.2) is 28.5 Å². The van der Waals surface area contributed by atoms with Crippen molar-refractivity contribution in [2.75, 3.05) is 24.3 Å². The third-order valence-corrected chi connectivity index (χ3v) is 4.71. The van der Waals surface area contributed by atoms with E-state index in [1.54, 1.807) is 6.20 Å². The van der Waals surface area contributed by atoms with Crippen molar-refractivity contribution in [3.63, 3.8) is 0 Å². The van der Waals surface area contributed by atoms with Crippen molar-refractivity contribution in [2.24, 2.45) is 0 Å². The minimum Gasteiger partial charge on any atom is -0.378 e. The number of nitrogens with one attached hydrogen (secondary N) is 1. The number of aromatic nitrogens is 3. The van der Waals surface area contributed by atoms with Crippen molar-refractivity contribution in [1.82, 2.24) is 14.4 Å². The number of fused-ring (bicyclic) bond motifs is 1. The quantitative estimate of drug-likeness (QED) is 0.569. The van der Waals surface area contributed by atoms with Crippen LogP contribution in [0.2, 0.25) is 0 Å². The molecule has 0 aliphatic rings. The van der Waals surface area contributed by atoms with Crippen LogP contribution in [-0.2, 0) is 0 Å². The summed E-state index contributed by atoms with van der Waals surface area (Å²) < 4.78 is 2.00. The highest BCUT2D eigenvalue weighted by atomic mass is 15.2. The molecule has 5 nitrogen and oxygen atoms in total. The average Bonchev–Trinajstić information content (AvgIpc) is 3.03. The zero-order chi connectivity index (χ0) is 19.0. The van der Waals surface area contributed by atoms with Gasteiger partial charge in [0.15, 0.2) is 0 Å². The van der Waals surface area contributed by atoms with Crippen molar-refractivity contribution in [1.29, 1.82) is 0 Å². The van der Waals surface area contributed by atoms with Gasteiger partial charge in [-0.1, -0.05) is 24.3 Å². The van der Waals surface area contributed by atoms with Gasteiger partial charge in [0.1, 0.15) is 11.5 Å². The number of anilines is 3. The van der Waals surface area contributed by atoms with Crippen molar-refractivity contribution in [3.05, 3.63) is 72.1 Å². The molecule has 2 heterocycles. The normalized spacial score (nSPS) is 11.0. The van der Waals surface area contributed by atoms with Gasteiger partial charge >= 0.3 is 0 Å². The Kier molecular flexibility index (Phi) is 4.28. The van der Waals surface area contributed by atoms with Crippen LogP contribution in [0.15, 0.2) is 60.9 Å². The maximum atomic E-state index is 4.78. The molecule has 0 fully saturated rings. The summed E-state index contributed by atoms with van der Waals surface area (Å²) in [6, 6.07) is 16.7. The average molecular weight is 357 g/mol. The first-order chi connectivity index (χ1) is 13.0. The molecule has 27 heavy (non-hydrogen) atoms. The summed E-state index contributed by atoms with van der Waals surface area (Å²) in [7, 11) is 4.08. The van der Waals surface area contributed by atoms with Crippen LogP contribution >= 0.6 is 0 Å². The zero-order valence-electron chi connectivity index (χ0n) is 16.1. The van der Waals surface area contributed by atoms with E-state index in [0.717, 1.165) is 28.5 Å². The molecule has 0 saturated carbocycles. The molecule has 4 rings (SSSR count). The maximum Gasteiger partial charge on any atom is 0.235 e. The van der Waals surface area contributed by atoms with Crippen LogP contribution in [0, 0.1) is 13.8 Å². The molecule has 0 saturated heterocycles. The van der Waals surface area contributed by atoms with Crippen LogP contribution in [0.25, 0.3) is 17.0 Å². The summed E-state index contributed by atoms with van der Waals surface area (Å²) in [5.74, 6) is 1.60. The summed E-state index contributed by atoms with van der Waals surface area (Å²) >= 11 is 0. The zero-order valence-corrected chi connectivity index (χ0v) is 16.1. The molecule has 2 aromatic carbocycles. The molecular weight excluding hydrogens is 334 g/mol. The molecule has 0 unspecified atom stereocenters. The number of aryl methyl sites for hydroxylation is 2. The fraction of sp³-hybridized carbons (Fsp3) is 0.182. The van der Waals surface area contributed by atoms with E-state index in [1.165, 1.54) is 11.1 Å². The van der Waals surface area contributed by atoms with Gasteiger partial charge in [-0.25, -0.2) is 9.97 Å². The number of nitrogens with zero attached hydrogens (tertiary/aromatic N) is 4. The Morgan fingerprint density at radius 1 is 1.00 bits per heavy atom. The van der Waals surface area contributed by atoms with E-state index < -0.39 is 0 Å². The van der Waals surface area contributed by atoms with E-state index >= 15 is 0 Å². The molecule has 1 N–H and O–H groups in total. The standard InChI is InChI=1S/C22H23N5/c1-15-6-7-16(2)19(14-15)24-21-20(25-22-23-12-5-13-27(21)22)17-8-10-18(11-9-17)26(3)4/h5-14,24H,1-4H3. The Balaban J connectivity index is 1.85. The number of rotatable bonds is 4. The first-order valence-electron chi connectivity index (χ1n) is 8.98. The largest absolute Gasteiger partial charge is 0.378 e. The van der Waals surface area contributed by atoms with Crippen LogP contribution < -0.4 is 10.2 Å². The van der Waals surface area contributed by atoms with E-state index in [1.807, 2.05) is 30.8 Å². The molecule has 4 aromatic rings. The molecule has 0 aliphatic carbocycles. The lowest BCUT2D eigenvalue weighted by molar-refractivity contribution is 1.11. The van der Waals surface area contributed by atoms with Gasteiger partial charge in [-0.05, 0) is 49.2 Å². The molecule has 0 atom stereocenters. The van der Waals surface area contributed by atoms with E-state index in [9.17, 15) is 0 Å². The lowest BCUT2D eigenvalue weighted by Crippen LogP contribution is -2.08. The van der Waals surface area contributed by atoms with Crippen molar-refractivity contribution < 1.29 is 0 Å². The fourth-order valence-electron chi connectivity index (χ4n) is 3.12. The second-order valence-electron chi connectivity index (χ2n) is 6.98. The molecular formula is C22H23N5. The second-order valence-corrected chi connectivity index (χ2v) is 6.98. The monoisotopic (exact) mass is 357 g/mol. The van der Waals surface area contributed by atoms with Crippen molar-refractivity contribution in [3.8, 4) is 11.3 Å². The number of imidazole rings is 1. The topological polar surface area (TPSA) is 45.5 Å². The Morgan fingerprint density at radius 2 is 1.78 bits per heavy atom. The third-order valence-electron chi connectivity index (χ3n) is 4.71. The Hall–Kier alpha value is -3.34. The first kappa shape index (κ1) is 17.1. The van der Waals surface area contributed by atoms with Crippen molar-refractivity contribution in [2.45, 2.75) is 13.8 Å². The summed E-state index contributed by atoms with van der Waals surface area (Å²) in [5.41, 5.74) is 6.58. The van der Waals surface area contributed by atoms with Gasteiger partial charge < -0.3 is 10.2 Å². The van der Waals surface area contributed by atoms with E-state index in [-0.39, 0.29) is 0 Å². The lowest BCUT2D eigenvalue weighted by atomic mass is 10.1. The molecule has 0 bridgehead atoms. The maximum absolute atomic E-state index is 4.78. The fourth-order valence-corrected chi connectivity index (χ4v) is 3.12. The molecule has 0 radical (unpaired) electrons. The SMILES string of the molecule is Cc1ccc(C)c(Nc2c(-c3ccc(N(C)C)cc3)nc3ncccn23)c1. The predicted molar refractivity (Wildman–Crippen MR) is 112 cm³/mol. The van der Waals surface area contributed by atoms with Gasteiger partial charge in [-0.15, -0.1) is 0 Å². The van der Waals surface area contributed by atoms with Gasteiger partial charge in [0, 0.05) is 43.4 Å². The minimum absolute atomic E-state index is 0.678. The highest BCUT2D eigenvalue weighted by Crippen LogP contribution is 2.32. The molecule has 136 valence electrons. The van der Waals surface area contributed by atoms with Gasteiger partial charge in [0.05, 0.1) is 0 Å². The number of hydrogen-bond acceptors (Lipinski definition) is 4. The smallest absolute Gasteiger partial charge is 0.235 e. The number of hydrogen-bond donors (Lipinski definition) is 1. The van der Waals surface area contributed by atoms with Gasteiger partial charge in [0.25, 0.3) is 0 Å². The molecule has 2 aromatic heterocycles. The van der Waals surface area contributed by atoms with Crippen molar-refractivity contribution >= 4 is 23.0 Å². The van der Waals surface area contributed by atoms with E-state index in [4.69, 9.17) is 4.98 Å². The van der Waals surface area contributed by atoms with Crippen LogP contribution in [0.1, 0.15) is 11.1 Å². The van der Waals surface area contributed by atoms with Gasteiger partial charge in [0.2, 0.25) is 5.78 Å².